The molecule has 0 fully saturated rings. The molecule has 2 aromatic rings. The molecule has 1 N–H and O–H groups in total. The van der Waals surface area contributed by atoms with Crippen molar-refractivity contribution in [3.05, 3.63) is 46.1 Å². The van der Waals surface area contributed by atoms with Gasteiger partial charge in [-0.05, 0) is 66.0 Å². The number of halogens is 1. The molecule has 0 aliphatic carbocycles. The molecule has 1 aliphatic rings. The highest BCUT2D eigenvalue weighted by Gasteiger charge is 2.34. The Morgan fingerprint density at radius 1 is 1.32 bits per heavy atom. The number of hydrogen-bond acceptors (Lipinski definition) is 4. The number of pyridine rings is 1. The number of hydrogen-bond donors (Lipinski definition) is 1. The first kappa shape index (κ1) is 17.4. The lowest BCUT2D eigenvalue weighted by atomic mass is 10.1. The smallest absolute Gasteiger partial charge is 0.266 e. The van der Waals surface area contributed by atoms with Gasteiger partial charge >= 0.3 is 0 Å². The Morgan fingerprint density at radius 2 is 2.08 bits per heavy atom. The van der Waals surface area contributed by atoms with E-state index in [0.29, 0.717) is 16.2 Å². The fraction of sp³-hybridized carbons (Fsp3) is 0.278. The van der Waals surface area contributed by atoms with E-state index in [0.717, 1.165) is 16.8 Å². The molecule has 6 nitrogen and oxygen atoms in total. The normalized spacial score (nSPS) is 14.6. The van der Waals surface area contributed by atoms with Crippen LogP contribution in [0.15, 0.2) is 34.9 Å². The van der Waals surface area contributed by atoms with Crippen molar-refractivity contribution in [3.63, 3.8) is 0 Å². The predicted octanol–water partition coefficient (Wildman–Crippen LogP) is 3.21. The average molecular weight is 404 g/mol. The summed E-state index contributed by atoms with van der Waals surface area (Å²) in [5, 5.41) is 2.90. The molecular weight excluding hydrogens is 386 g/mol. The minimum Gasteiger partial charge on any atom is -0.480 e. The van der Waals surface area contributed by atoms with Gasteiger partial charge in [0.2, 0.25) is 5.91 Å². The third kappa shape index (κ3) is 3.37. The van der Waals surface area contributed by atoms with Gasteiger partial charge in [0.05, 0.1) is 0 Å². The van der Waals surface area contributed by atoms with Gasteiger partial charge in [0.1, 0.15) is 10.6 Å². The summed E-state index contributed by atoms with van der Waals surface area (Å²) in [5.74, 6) is 0.238. The van der Waals surface area contributed by atoms with E-state index in [4.69, 9.17) is 4.74 Å². The van der Waals surface area contributed by atoms with Crippen LogP contribution in [0.3, 0.4) is 0 Å². The molecule has 130 valence electrons. The number of aryl methyl sites for hydroxylation is 1. The Bertz CT molecular complexity index is 853. The van der Waals surface area contributed by atoms with Crippen LogP contribution in [-0.2, 0) is 9.59 Å². The van der Waals surface area contributed by atoms with Crippen molar-refractivity contribution in [2.45, 2.75) is 26.8 Å². The number of aromatic nitrogens is 1. The minimum atomic E-state index is -0.725. The maximum atomic E-state index is 12.7. The Balaban J connectivity index is 1.88. The molecule has 1 aliphatic heterocycles. The van der Waals surface area contributed by atoms with E-state index in [-0.39, 0.29) is 18.4 Å². The number of nitrogens with one attached hydrogen (secondary N) is 1. The highest BCUT2D eigenvalue weighted by molar-refractivity contribution is 9.10. The first-order valence-corrected chi connectivity index (χ1v) is 8.66. The molecule has 1 unspecified atom stereocenters. The quantitative estimate of drug-likeness (QED) is 0.798. The molecule has 0 bridgehead atoms. The van der Waals surface area contributed by atoms with Crippen LogP contribution in [0.2, 0.25) is 0 Å². The predicted molar refractivity (Wildman–Crippen MR) is 98.9 cm³/mol. The van der Waals surface area contributed by atoms with Gasteiger partial charge < -0.3 is 10.1 Å². The van der Waals surface area contributed by atoms with Crippen molar-refractivity contribution in [1.29, 1.82) is 0 Å². The molecule has 1 aromatic carbocycles. The van der Waals surface area contributed by atoms with E-state index >= 15 is 0 Å². The van der Waals surface area contributed by atoms with Crippen molar-refractivity contribution in [2.75, 3.05) is 16.8 Å². The molecule has 7 heteroatoms. The molecule has 3 rings (SSSR count). The second-order valence-corrected chi connectivity index (χ2v) is 6.73. The maximum absolute atomic E-state index is 12.7. The largest absolute Gasteiger partial charge is 0.480 e. The van der Waals surface area contributed by atoms with Gasteiger partial charge in [-0.25, -0.2) is 4.98 Å². The number of anilines is 2. The third-order valence-electron chi connectivity index (χ3n) is 4.28. The number of rotatable bonds is 3. The van der Waals surface area contributed by atoms with E-state index in [1.165, 1.54) is 4.90 Å². The SMILES string of the molecule is Cc1cccc(NC(=O)C(C)N2C(=O)COc3ccc(Br)nc32)c1C. The number of fused-ring (bicyclic) bond motifs is 1. The Morgan fingerprint density at radius 3 is 2.84 bits per heavy atom. The second kappa shape index (κ2) is 6.84. The van der Waals surface area contributed by atoms with Gasteiger partial charge in [0, 0.05) is 5.69 Å². The molecular formula is C18H18BrN3O3. The second-order valence-electron chi connectivity index (χ2n) is 5.92. The number of nitrogens with zero attached hydrogens (tertiary/aromatic N) is 2. The van der Waals surface area contributed by atoms with E-state index in [2.05, 4.69) is 26.2 Å². The van der Waals surface area contributed by atoms with Gasteiger partial charge in [-0.15, -0.1) is 0 Å². The molecule has 0 radical (unpaired) electrons. The summed E-state index contributed by atoms with van der Waals surface area (Å²) in [5.41, 5.74) is 2.82. The van der Waals surface area contributed by atoms with Crippen molar-refractivity contribution in [1.82, 2.24) is 4.98 Å². The van der Waals surface area contributed by atoms with Crippen LogP contribution in [0.5, 0.6) is 5.75 Å². The zero-order chi connectivity index (χ0) is 18.1. The van der Waals surface area contributed by atoms with Crippen LogP contribution in [0.1, 0.15) is 18.1 Å². The Labute approximate surface area is 154 Å². The third-order valence-corrected chi connectivity index (χ3v) is 4.72. The molecule has 0 spiro atoms. The molecule has 1 atom stereocenters. The highest BCUT2D eigenvalue weighted by atomic mass is 79.9. The maximum Gasteiger partial charge on any atom is 0.266 e. The number of carbonyl (C=O) groups excluding carboxylic acids is 2. The summed E-state index contributed by atoms with van der Waals surface area (Å²) < 4.78 is 5.96. The van der Waals surface area contributed by atoms with Gasteiger partial charge in [-0.1, -0.05) is 12.1 Å². The van der Waals surface area contributed by atoms with Gasteiger partial charge in [-0.2, -0.15) is 0 Å². The fourth-order valence-corrected chi connectivity index (χ4v) is 2.97. The average Bonchev–Trinajstić information content (AvgIpc) is 2.58. The summed E-state index contributed by atoms with van der Waals surface area (Å²) in [6.45, 7) is 5.49. The van der Waals surface area contributed by atoms with Crippen LogP contribution in [-0.4, -0.2) is 29.4 Å². The van der Waals surface area contributed by atoms with Crippen molar-refractivity contribution in [2.24, 2.45) is 0 Å². The summed E-state index contributed by atoms with van der Waals surface area (Å²) in [6.07, 6.45) is 0. The standard InChI is InChI=1S/C18H18BrN3O3/c1-10-5-4-6-13(11(10)2)20-18(24)12(3)22-16(23)9-25-14-7-8-15(19)21-17(14)22/h4-8,12H,9H2,1-3H3,(H,20,24). The lowest BCUT2D eigenvalue weighted by molar-refractivity contribution is -0.125. The molecule has 0 saturated carbocycles. The lowest BCUT2D eigenvalue weighted by Crippen LogP contribution is -2.50. The molecule has 2 heterocycles. The Hall–Kier alpha value is -2.41. The monoisotopic (exact) mass is 403 g/mol. The van der Waals surface area contributed by atoms with E-state index in [1.54, 1.807) is 19.1 Å². The van der Waals surface area contributed by atoms with Crippen LogP contribution < -0.4 is 15.0 Å². The van der Waals surface area contributed by atoms with Crippen LogP contribution in [0.25, 0.3) is 0 Å². The molecule has 2 amide bonds. The van der Waals surface area contributed by atoms with Gasteiger partial charge in [0.25, 0.3) is 5.91 Å². The van der Waals surface area contributed by atoms with Gasteiger partial charge in [-0.3, -0.25) is 14.5 Å². The zero-order valence-electron chi connectivity index (χ0n) is 14.2. The van der Waals surface area contributed by atoms with E-state index in [1.807, 2.05) is 32.0 Å². The number of amides is 2. The van der Waals surface area contributed by atoms with Crippen molar-refractivity contribution >= 4 is 39.2 Å². The number of carbonyl (C=O) groups is 2. The molecule has 1 aromatic heterocycles. The van der Waals surface area contributed by atoms with Crippen LogP contribution >= 0.6 is 15.9 Å². The van der Waals surface area contributed by atoms with E-state index in [9.17, 15) is 9.59 Å². The lowest BCUT2D eigenvalue weighted by Gasteiger charge is -2.32. The minimum absolute atomic E-state index is 0.114. The Kier molecular flexibility index (Phi) is 4.76. The summed E-state index contributed by atoms with van der Waals surface area (Å²) in [4.78, 5) is 30.8. The van der Waals surface area contributed by atoms with Gasteiger partial charge in [0.15, 0.2) is 18.2 Å². The number of ether oxygens (including phenoxy) is 1. The summed E-state index contributed by atoms with van der Waals surface area (Å²) >= 11 is 3.29. The highest BCUT2D eigenvalue weighted by Crippen LogP contribution is 2.33. The van der Waals surface area contributed by atoms with Crippen molar-refractivity contribution in [3.8, 4) is 5.75 Å². The van der Waals surface area contributed by atoms with Crippen LogP contribution in [0.4, 0.5) is 11.5 Å². The zero-order valence-corrected chi connectivity index (χ0v) is 15.8. The molecule has 0 saturated heterocycles. The molecule has 25 heavy (non-hydrogen) atoms. The number of benzene rings is 1. The van der Waals surface area contributed by atoms with Crippen LogP contribution in [0, 0.1) is 13.8 Å². The first-order chi connectivity index (χ1) is 11.9. The van der Waals surface area contributed by atoms with Crippen molar-refractivity contribution < 1.29 is 14.3 Å². The summed E-state index contributed by atoms with van der Waals surface area (Å²) in [6, 6.07) is 8.44. The fourth-order valence-electron chi connectivity index (χ4n) is 2.67. The topological polar surface area (TPSA) is 71.5 Å². The summed E-state index contributed by atoms with van der Waals surface area (Å²) in [7, 11) is 0. The first-order valence-electron chi connectivity index (χ1n) is 7.87. The van der Waals surface area contributed by atoms with E-state index < -0.39 is 6.04 Å².